The standard InChI is InChI=1S/C23H29N3O3/c1-4-14-26(16-21(27)25-20-13-9-8-10-17(20)2)22(28)15-18(3)24-23(29)19-11-6-5-7-12-19/h5-13,18H,4,14-16H2,1-3H3,(H,24,29)(H,25,27). The van der Waals surface area contributed by atoms with Crippen molar-refractivity contribution in [2.45, 2.75) is 39.7 Å². The molecule has 0 heterocycles. The van der Waals surface area contributed by atoms with Crippen LogP contribution in [0.1, 0.15) is 42.6 Å². The largest absolute Gasteiger partial charge is 0.349 e. The number of para-hydroxylation sites is 1. The van der Waals surface area contributed by atoms with Gasteiger partial charge in [-0.25, -0.2) is 0 Å². The Morgan fingerprint density at radius 3 is 2.31 bits per heavy atom. The highest BCUT2D eigenvalue weighted by Gasteiger charge is 2.20. The van der Waals surface area contributed by atoms with Crippen LogP contribution in [0.3, 0.4) is 0 Å². The van der Waals surface area contributed by atoms with Crippen molar-refractivity contribution >= 4 is 23.4 Å². The van der Waals surface area contributed by atoms with Crippen molar-refractivity contribution in [3.63, 3.8) is 0 Å². The molecule has 0 radical (unpaired) electrons. The van der Waals surface area contributed by atoms with E-state index >= 15 is 0 Å². The van der Waals surface area contributed by atoms with Crippen molar-refractivity contribution < 1.29 is 14.4 Å². The maximum Gasteiger partial charge on any atom is 0.251 e. The molecule has 0 aliphatic heterocycles. The predicted octanol–water partition coefficient (Wildman–Crippen LogP) is 3.38. The molecule has 154 valence electrons. The van der Waals surface area contributed by atoms with Crippen molar-refractivity contribution in [1.29, 1.82) is 0 Å². The lowest BCUT2D eigenvalue weighted by Gasteiger charge is -2.24. The number of hydrogen-bond donors (Lipinski definition) is 2. The van der Waals surface area contributed by atoms with Crippen molar-refractivity contribution in [3.05, 3.63) is 65.7 Å². The van der Waals surface area contributed by atoms with Gasteiger partial charge in [0.1, 0.15) is 0 Å². The fourth-order valence-electron chi connectivity index (χ4n) is 2.98. The second-order valence-corrected chi connectivity index (χ2v) is 7.12. The highest BCUT2D eigenvalue weighted by Crippen LogP contribution is 2.13. The van der Waals surface area contributed by atoms with Crippen LogP contribution in [0.4, 0.5) is 5.69 Å². The molecule has 6 nitrogen and oxygen atoms in total. The maximum atomic E-state index is 12.7. The molecule has 1 unspecified atom stereocenters. The van der Waals surface area contributed by atoms with Gasteiger partial charge in [0.05, 0.1) is 6.54 Å². The van der Waals surface area contributed by atoms with Gasteiger partial charge >= 0.3 is 0 Å². The van der Waals surface area contributed by atoms with Gasteiger partial charge in [-0.15, -0.1) is 0 Å². The second kappa shape index (κ2) is 11.0. The Balaban J connectivity index is 1.91. The number of hydrogen-bond acceptors (Lipinski definition) is 3. The van der Waals surface area contributed by atoms with Gasteiger partial charge in [0, 0.05) is 30.3 Å². The Labute approximate surface area is 172 Å². The van der Waals surface area contributed by atoms with Gasteiger partial charge in [-0.05, 0) is 44.0 Å². The second-order valence-electron chi connectivity index (χ2n) is 7.12. The van der Waals surface area contributed by atoms with Gasteiger partial charge in [0.15, 0.2) is 0 Å². The molecule has 29 heavy (non-hydrogen) atoms. The van der Waals surface area contributed by atoms with Crippen LogP contribution >= 0.6 is 0 Å². The Hall–Kier alpha value is -3.15. The van der Waals surface area contributed by atoms with E-state index in [1.165, 1.54) is 0 Å². The lowest BCUT2D eigenvalue weighted by molar-refractivity contribution is -0.135. The van der Waals surface area contributed by atoms with Crippen LogP contribution in [0.25, 0.3) is 0 Å². The van der Waals surface area contributed by atoms with Crippen LogP contribution in [-0.4, -0.2) is 41.8 Å². The van der Waals surface area contributed by atoms with Crippen LogP contribution in [0.5, 0.6) is 0 Å². The average molecular weight is 396 g/mol. The Bertz CT molecular complexity index is 836. The molecule has 0 aromatic heterocycles. The van der Waals surface area contributed by atoms with E-state index in [1.54, 1.807) is 36.1 Å². The summed E-state index contributed by atoms with van der Waals surface area (Å²) < 4.78 is 0. The molecule has 0 saturated heterocycles. The molecule has 3 amide bonds. The number of carbonyl (C=O) groups excluding carboxylic acids is 3. The van der Waals surface area contributed by atoms with Crippen molar-refractivity contribution in [2.24, 2.45) is 0 Å². The van der Waals surface area contributed by atoms with E-state index in [1.807, 2.05) is 44.2 Å². The minimum atomic E-state index is -0.339. The summed E-state index contributed by atoms with van der Waals surface area (Å²) in [5, 5.41) is 5.70. The summed E-state index contributed by atoms with van der Waals surface area (Å²) in [4.78, 5) is 38.9. The first kappa shape index (κ1) is 22.1. The number of amides is 3. The van der Waals surface area contributed by atoms with E-state index in [-0.39, 0.29) is 36.7 Å². The fourth-order valence-corrected chi connectivity index (χ4v) is 2.98. The predicted molar refractivity (Wildman–Crippen MR) is 115 cm³/mol. The molecular weight excluding hydrogens is 366 g/mol. The summed E-state index contributed by atoms with van der Waals surface area (Å²) >= 11 is 0. The Kier molecular flexibility index (Phi) is 8.40. The molecule has 0 fully saturated rings. The van der Waals surface area contributed by atoms with Crippen molar-refractivity contribution in [2.75, 3.05) is 18.4 Å². The first-order valence-electron chi connectivity index (χ1n) is 9.89. The molecule has 0 aliphatic carbocycles. The van der Waals surface area contributed by atoms with E-state index in [4.69, 9.17) is 0 Å². The number of nitrogens with zero attached hydrogens (tertiary/aromatic N) is 1. The molecular formula is C23H29N3O3. The third-order valence-electron chi connectivity index (χ3n) is 4.49. The number of anilines is 1. The summed E-state index contributed by atoms with van der Waals surface area (Å²) in [5.74, 6) is -0.611. The van der Waals surface area contributed by atoms with Gasteiger partial charge in [-0.1, -0.05) is 43.3 Å². The minimum absolute atomic E-state index is 0.0135. The monoisotopic (exact) mass is 395 g/mol. The first-order chi connectivity index (χ1) is 13.9. The first-order valence-corrected chi connectivity index (χ1v) is 9.89. The van der Waals surface area contributed by atoms with Crippen LogP contribution in [-0.2, 0) is 9.59 Å². The molecule has 0 saturated carbocycles. The van der Waals surface area contributed by atoms with Gasteiger partial charge in [-0.2, -0.15) is 0 Å². The summed E-state index contributed by atoms with van der Waals surface area (Å²) in [6.45, 7) is 6.14. The van der Waals surface area contributed by atoms with Crippen LogP contribution in [0.2, 0.25) is 0 Å². The Morgan fingerprint density at radius 1 is 1.00 bits per heavy atom. The number of aryl methyl sites for hydroxylation is 1. The average Bonchev–Trinajstić information content (AvgIpc) is 2.70. The number of rotatable bonds is 9. The quantitative estimate of drug-likeness (QED) is 0.683. The normalized spacial score (nSPS) is 11.4. The SMILES string of the molecule is CCCN(CC(=O)Nc1ccccc1C)C(=O)CC(C)NC(=O)c1ccccc1. The summed E-state index contributed by atoms with van der Waals surface area (Å²) in [5.41, 5.74) is 2.26. The van der Waals surface area contributed by atoms with Gasteiger partial charge in [0.25, 0.3) is 5.91 Å². The van der Waals surface area contributed by atoms with E-state index in [0.29, 0.717) is 12.1 Å². The fraction of sp³-hybridized carbons (Fsp3) is 0.348. The van der Waals surface area contributed by atoms with Gasteiger partial charge < -0.3 is 15.5 Å². The molecule has 0 aliphatic rings. The van der Waals surface area contributed by atoms with Gasteiger partial charge in [0.2, 0.25) is 11.8 Å². The van der Waals surface area contributed by atoms with E-state index < -0.39 is 0 Å². The molecule has 0 bridgehead atoms. The summed E-state index contributed by atoms with van der Waals surface area (Å²) in [6, 6.07) is 16.1. The van der Waals surface area contributed by atoms with Crippen molar-refractivity contribution in [1.82, 2.24) is 10.2 Å². The number of carbonyl (C=O) groups is 3. The highest BCUT2D eigenvalue weighted by molar-refractivity contribution is 5.96. The van der Waals surface area contributed by atoms with E-state index in [2.05, 4.69) is 10.6 Å². The van der Waals surface area contributed by atoms with Crippen molar-refractivity contribution in [3.8, 4) is 0 Å². The molecule has 0 spiro atoms. The summed E-state index contributed by atoms with van der Waals surface area (Å²) in [7, 11) is 0. The highest BCUT2D eigenvalue weighted by atomic mass is 16.2. The zero-order valence-electron chi connectivity index (χ0n) is 17.3. The molecule has 6 heteroatoms. The Morgan fingerprint density at radius 2 is 1.66 bits per heavy atom. The van der Waals surface area contributed by atoms with Crippen LogP contribution in [0.15, 0.2) is 54.6 Å². The molecule has 2 aromatic rings. The lowest BCUT2D eigenvalue weighted by Crippen LogP contribution is -2.42. The van der Waals surface area contributed by atoms with Crippen LogP contribution < -0.4 is 10.6 Å². The zero-order valence-corrected chi connectivity index (χ0v) is 17.3. The van der Waals surface area contributed by atoms with Gasteiger partial charge in [-0.3, -0.25) is 14.4 Å². The number of nitrogens with one attached hydrogen (secondary N) is 2. The number of benzene rings is 2. The summed E-state index contributed by atoms with van der Waals surface area (Å²) in [6.07, 6.45) is 0.879. The van der Waals surface area contributed by atoms with E-state index in [9.17, 15) is 14.4 Å². The lowest BCUT2D eigenvalue weighted by atomic mass is 10.1. The third kappa shape index (κ3) is 7.07. The molecule has 2 N–H and O–H groups in total. The van der Waals surface area contributed by atoms with E-state index in [0.717, 1.165) is 17.7 Å². The smallest absolute Gasteiger partial charge is 0.251 e. The minimum Gasteiger partial charge on any atom is -0.349 e. The molecule has 2 aromatic carbocycles. The maximum absolute atomic E-state index is 12.7. The molecule has 2 rings (SSSR count). The molecule has 1 atom stereocenters. The zero-order chi connectivity index (χ0) is 21.2. The topological polar surface area (TPSA) is 78.5 Å². The third-order valence-corrected chi connectivity index (χ3v) is 4.49. The van der Waals surface area contributed by atoms with Crippen LogP contribution in [0, 0.1) is 6.92 Å².